The van der Waals surface area contributed by atoms with Crippen LogP contribution in [0.25, 0.3) is 0 Å². The van der Waals surface area contributed by atoms with Gasteiger partial charge in [-0.25, -0.2) is 0 Å². The Kier molecular flexibility index (Phi) is 5.07. The molecule has 0 spiro atoms. The van der Waals surface area contributed by atoms with Crippen LogP contribution in [0.1, 0.15) is 106 Å². The predicted octanol–water partition coefficient (Wildman–Crippen LogP) is 6.19. The Morgan fingerprint density at radius 3 is 2.25 bits per heavy atom. The summed E-state index contributed by atoms with van der Waals surface area (Å²) < 4.78 is 0. The normalized spacial score (nSPS) is 52.5. The van der Waals surface area contributed by atoms with E-state index in [9.17, 15) is 10.2 Å². The molecule has 28 heavy (non-hydrogen) atoms. The zero-order valence-electron chi connectivity index (χ0n) is 19.4. The maximum atomic E-state index is 11.0. The summed E-state index contributed by atoms with van der Waals surface area (Å²) in [5.41, 5.74) is -0.0912. The largest absolute Gasteiger partial charge is 0.390 e. The molecule has 9 atom stereocenters. The van der Waals surface area contributed by atoms with Gasteiger partial charge in [0.2, 0.25) is 0 Å². The first-order valence-corrected chi connectivity index (χ1v) is 12.4. The van der Waals surface area contributed by atoms with E-state index in [4.69, 9.17) is 0 Å². The SMILES string of the molecule is CC[C@]1(O)CC[C@@]2(C)[C@@H](CCC3[C@@H]4CC[C@H]([C@H](C)C(C)(C)O)C4(C)CC[C@@H]32)C1. The Morgan fingerprint density at radius 1 is 0.929 bits per heavy atom. The quantitative estimate of drug-likeness (QED) is 0.603. The molecule has 2 N–H and O–H groups in total. The molecule has 0 radical (unpaired) electrons. The second kappa shape index (κ2) is 6.71. The van der Waals surface area contributed by atoms with Crippen molar-refractivity contribution in [3.8, 4) is 0 Å². The predicted molar refractivity (Wildman–Crippen MR) is 116 cm³/mol. The molecule has 162 valence electrons. The highest BCUT2D eigenvalue weighted by molar-refractivity contribution is 5.11. The van der Waals surface area contributed by atoms with Crippen LogP contribution in [0.5, 0.6) is 0 Å². The third-order valence-electron chi connectivity index (χ3n) is 11.3. The minimum atomic E-state index is -0.572. The number of hydrogen-bond donors (Lipinski definition) is 2. The van der Waals surface area contributed by atoms with Gasteiger partial charge in [0.25, 0.3) is 0 Å². The fraction of sp³-hybridized carbons (Fsp3) is 1.00. The standard InChI is InChI=1S/C26H46O2/c1-7-26(28)15-14-24(5)18(16-26)8-9-19-21-11-10-20(17(2)23(3,4)27)25(21,6)13-12-22(19)24/h17-22,27-28H,7-16H2,1-6H3/t17-,18-,19?,20+,21-,22-,24-,25?,26-/m0/s1. The summed E-state index contributed by atoms with van der Waals surface area (Å²) in [6, 6.07) is 0. The van der Waals surface area contributed by atoms with Crippen LogP contribution >= 0.6 is 0 Å². The third kappa shape index (κ3) is 3.03. The number of aliphatic hydroxyl groups is 2. The van der Waals surface area contributed by atoms with E-state index in [-0.39, 0.29) is 5.60 Å². The monoisotopic (exact) mass is 390 g/mol. The molecule has 0 aromatic carbocycles. The third-order valence-corrected chi connectivity index (χ3v) is 11.3. The summed E-state index contributed by atoms with van der Waals surface area (Å²) in [6.45, 7) is 13.7. The second-order valence-corrected chi connectivity index (χ2v) is 12.6. The van der Waals surface area contributed by atoms with E-state index in [2.05, 4.69) is 27.7 Å². The molecule has 4 saturated carbocycles. The summed E-state index contributed by atoms with van der Waals surface area (Å²) >= 11 is 0. The number of fused-ring (bicyclic) bond motifs is 5. The summed E-state index contributed by atoms with van der Waals surface area (Å²) in [4.78, 5) is 0. The maximum Gasteiger partial charge on any atom is 0.0648 e. The molecule has 2 heteroatoms. The van der Waals surface area contributed by atoms with Gasteiger partial charge in [-0.1, -0.05) is 27.7 Å². The van der Waals surface area contributed by atoms with Gasteiger partial charge in [0, 0.05) is 0 Å². The van der Waals surface area contributed by atoms with Gasteiger partial charge in [0.1, 0.15) is 0 Å². The molecule has 0 aliphatic heterocycles. The van der Waals surface area contributed by atoms with Gasteiger partial charge in [0.05, 0.1) is 11.2 Å². The summed E-state index contributed by atoms with van der Waals surface area (Å²) in [5.74, 6) is 4.37. The average molecular weight is 391 g/mol. The van der Waals surface area contributed by atoms with Crippen molar-refractivity contribution in [1.29, 1.82) is 0 Å². The Hall–Kier alpha value is -0.0800. The lowest BCUT2D eigenvalue weighted by Crippen LogP contribution is -2.56. The maximum absolute atomic E-state index is 11.0. The van der Waals surface area contributed by atoms with E-state index in [1.165, 1.54) is 44.9 Å². The fourth-order valence-electron chi connectivity index (χ4n) is 9.00. The van der Waals surface area contributed by atoms with Crippen LogP contribution < -0.4 is 0 Å². The van der Waals surface area contributed by atoms with Crippen LogP contribution in [0.15, 0.2) is 0 Å². The van der Waals surface area contributed by atoms with E-state index in [0.29, 0.717) is 22.7 Å². The molecular formula is C26H46O2. The fourth-order valence-corrected chi connectivity index (χ4v) is 9.00. The van der Waals surface area contributed by atoms with Crippen LogP contribution in [-0.4, -0.2) is 21.4 Å². The number of rotatable bonds is 3. The van der Waals surface area contributed by atoms with Crippen molar-refractivity contribution >= 4 is 0 Å². The van der Waals surface area contributed by atoms with Gasteiger partial charge in [-0.15, -0.1) is 0 Å². The van der Waals surface area contributed by atoms with Crippen molar-refractivity contribution in [3.05, 3.63) is 0 Å². The van der Waals surface area contributed by atoms with E-state index in [1.54, 1.807) is 0 Å². The van der Waals surface area contributed by atoms with E-state index in [0.717, 1.165) is 42.9 Å². The van der Waals surface area contributed by atoms with Gasteiger partial charge in [-0.05, 0) is 124 Å². The van der Waals surface area contributed by atoms with Crippen molar-refractivity contribution < 1.29 is 10.2 Å². The highest BCUT2D eigenvalue weighted by Gasteiger charge is 2.62. The highest BCUT2D eigenvalue weighted by atomic mass is 16.3. The number of hydrogen-bond acceptors (Lipinski definition) is 2. The van der Waals surface area contributed by atoms with Gasteiger partial charge in [0.15, 0.2) is 0 Å². The smallest absolute Gasteiger partial charge is 0.0648 e. The van der Waals surface area contributed by atoms with Crippen LogP contribution in [0, 0.1) is 46.3 Å². The topological polar surface area (TPSA) is 40.5 Å². The molecule has 0 amide bonds. The first-order chi connectivity index (χ1) is 12.9. The Balaban J connectivity index is 1.57. The van der Waals surface area contributed by atoms with Gasteiger partial charge < -0.3 is 10.2 Å². The molecule has 4 rings (SSSR count). The molecule has 2 nitrogen and oxygen atoms in total. The van der Waals surface area contributed by atoms with Crippen LogP contribution in [0.4, 0.5) is 0 Å². The van der Waals surface area contributed by atoms with Gasteiger partial charge in [-0.3, -0.25) is 0 Å². The molecule has 4 aliphatic carbocycles. The molecule has 0 saturated heterocycles. The molecular weight excluding hydrogens is 344 g/mol. The Morgan fingerprint density at radius 2 is 1.61 bits per heavy atom. The van der Waals surface area contributed by atoms with Crippen molar-refractivity contribution in [3.63, 3.8) is 0 Å². The van der Waals surface area contributed by atoms with Gasteiger partial charge in [-0.2, -0.15) is 0 Å². The molecule has 4 aliphatic rings. The van der Waals surface area contributed by atoms with Crippen molar-refractivity contribution in [1.82, 2.24) is 0 Å². The Labute approximate surface area is 173 Å². The van der Waals surface area contributed by atoms with Crippen molar-refractivity contribution in [2.24, 2.45) is 46.3 Å². The van der Waals surface area contributed by atoms with E-state index < -0.39 is 5.60 Å². The van der Waals surface area contributed by atoms with E-state index in [1.807, 2.05) is 13.8 Å². The molecule has 0 aromatic heterocycles. The lowest BCUT2D eigenvalue weighted by atomic mass is 9.43. The molecule has 0 bridgehead atoms. The first-order valence-electron chi connectivity index (χ1n) is 12.4. The average Bonchev–Trinajstić information content (AvgIpc) is 2.98. The first kappa shape index (κ1) is 21.2. The zero-order valence-corrected chi connectivity index (χ0v) is 19.4. The molecule has 0 heterocycles. The summed E-state index contributed by atoms with van der Waals surface area (Å²) in [5, 5.41) is 21.7. The highest BCUT2D eigenvalue weighted by Crippen LogP contribution is 2.69. The minimum absolute atomic E-state index is 0.375. The van der Waals surface area contributed by atoms with Crippen LogP contribution in [-0.2, 0) is 0 Å². The second-order valence-electron chi connectivity index (χ2n) is 12.6. The van der Waals surface area contributed by atoms with Crippen molar-refractivity contribution in [2.75, 3.05) is 0 Å². The molecule has 2 unspecified atom stereocenters. The summed E-state index contributed by atoms with van der Waals surface area (Å²) in [7, 11) is 0. The van der Waals surface area contributed by atoms with Gasteiger partial charge >= 0.3 is 0 Å². The van der Waals surface area contributed by atoms with E-state index >= 15 is 0 Å². The summed E-state index contributed by atoms with van der Waals surface area (Å²) in [6.07, 6.45) is 12.3. The molecule has 0 aromatic rings. The lowest BCUT2D eigenvalue weighted by Gasteiger charge is -2.62. The Bertz CT molecular complexity index is 594. The minimum Gasteiger partial charge on any atom is -0.390 e. The lowest BCUT2D eigenvalue weighted by molar-refractivity contribution is -0.156. The molecule has 4 fully saturated rings. The van der Waals surface area contributed by atoms with Crippen LogP contribution in [0.2, 0.25) is 0 Å². The zero-order chi connectivity index (χ0) is 20.5. The van der Waals surface area contributed by atoms with Crippen LogP contribution in [0.3, 0.4) is 0 Å². The van der Waals surface area contributed by atoms with Crippen molar-refractivity contribution in [2.45, 2.75) is 117 Å².